The summed E-state index contributed by atoms with van der Waals surface area (Å²) in [6.07, 6.45) is -2.51. The van der Waals surface area contributed by atoms with E-state index in [4.69, 9.17) is 4.74 Å². The van der Waals surface area contributed by atoms with E-state index in [1.54, 1.807) is 13.8 Å². The van der Waals surface area contributed by atoms with E-state index in [2.05, 4.69) is 10.1 Å². The summed E-state index contributed by atoms with van der Waals surface area (Å²) in [5.74, 6) is -1.58. The zero-order valence-electron chi connectivity index (χ0n) is 16.1. The number of carbonyl (C=O) groups excluding carboxylic acids is 3. The Balaban J connectivity index is 0.000000684. The number of alkyl halides is 3. The number of hydrogen-bond donors (Lipinski definition) is 1. The van der Waals surface area contributed by atoms with Crippen LogP contribution in [-0.2, 0) is 30.0 Å². The molecule has 0 amide bonds. The van der Waals surface area contributed by atoms with Crippen LogP contribution in [0.2, 0.25) is 0 Å². The molecule has 1 aromatic carbocycles. The van der Waals surface area contributed by atoms with Crippen molar-refractivity contribution in [2.45, 2.75) is 33.9 Å². The summed E-state index contributed by atoms with van der Waals surface area (Å²) in [5, 5.41) is 2.63. The van der Waals surface area contributed by atoms with Crippen molar-refractivity contribution in [1.82, 2.24) is 0 Å². The lowest BCUT2D eigenvalue weighted by molar-refractivity contribution is -0.148. The maximum atomic E-state index is 12.5. The molecule has 0 fully saturated rings. The molecule has 28 heavy (non-hydrogen) atoms. The fourth-order valence-corrected chi connectivity index (χ4v) is 1.61. The highest BCUT2D eigenvalue weighted by Gasteiger charge is 2.30. The summed E-state index contributed by atoms with van der Waals surface area (Å²) in [6, 6.07) is 4.71. The second-order valence-electron chi connectivity index (χ2n) is 5.45. The zero-order chi connectivity index (χ0) is 21.7. The number of benzene rings is 1. The van der Waals surface area contributed by atoms with Gasteiger partial charge in [-0.1, -0.05) is 6.07 Å². The molecule has 156 valence electrons. The minimum absolute atomic E-state index is 0.244. The van der Waals surface area contributed by atoms with Gasteiger partial charge in [0, 0.05) is 11.9 Å². The van der Waals surface area contributed by atoms with Gasteiger partial charge in [0.1, 0.15) is 12.2 Å². The van der Waals surface area contributed by atoms with Crippen LogP contribution >= 0.6 is 0 Å². The molecule has 0 saturated carbocycles. The Morgan fingerprint density at radius 2 is 1.79 bits per heavy atom. The van der Waals surface area contributed by atoms with Crippen LogP contribution in [0, 0.1) is 5.92 Å². The average molecular weight is 403 g/mol. The average Bonchev–Trinajstić information content (AvgIpc) is 2.65. The van der Waals surface area contributed by atoms with Crippen molar-refractivity contribution >= 4 is 23.9 Å². The van der Waals surface area contributed by atoms with E-state index in [-0.39, 0.29) is 17.9 Å². The van der Waals surface area contributed by atoms with Crippen LogP contribution in [-0.4, -0.2) is 31.4 Å². The van der Waals surface area contributed by atoms with Gasteiger partial charge in [-0.2, -0.15) is 13.2 Å². The van der Waals surface area contributed by atoms with Crippen molar-refractivity contribution in [1.29, 1.82) is 0 Å². The molecule has 1 atom stereocenters. The largest absolute Gasteiger partial charge is 0.465 e. The standard InChI is InChI=1S/C13H14F3NO2.C6H10O3/c1-3-19-12(18)9(2)8-17-11-6-4-5-10(7-11)13(14,15)16;1-3-9-6(8)5(2)4-7/h4-8,17H,3H2,1-2H3;4-5H,3H2,1-2H3/b9-8+;. The van der Waals surface area contributed by atoms with Crippen LogP contribution in [0.15, 0.2) is 36.0 Å². The molecule has 9 heteroatoms. The monoisotopic (exact) mass is 403 g/mol. The maximum Gasteiger partial charge on any atom is 0.416 e. The summed E-state index contributed by atoms with van der Waals surface area (Å²) < 4.78 is 46.7. The Labute approximate surface area is 161 Å². The van der Waals surface area contributed by atoms with Crippen LogP contribution in [0.5, 0.6) is 0 Å². The molecule has 0 aromatic heterocycles. The van der Waals surface area contributed by atoms with Gasteiger partial charge in [0.25, 0.3) is 0 Å². The van der Waals surface area contributed by atoms with Gasteiger partial charge in [-0.05, 0) is 45.9 Å². The molecule has 0 heterocycles. The number of hydrogen-bond acceptors (Lipinski definition) is 6. The molecule has 0 aliphatic heterocycles. The van der Waals surface area contributed by atoms with Gasteiger partial charge >= 0.3 is 18.1 Å². The first-order chi connectivity index (χ1) is 13.1. The van der Waals surface area contributed by atoms with Gasteiger partial charge in [0.15, 0.2) is 0 Å². The van der Waals surface area contributed by atoms with E-state index in [9.17, 15) is 27.6 Å². The Morgan fingerprint density at radius 1 is 1.18 bits per heavy atom. The van der Waals surface area contributed by atoms with Gasteiger partial charge in [-0.3, -0.25) is 4.79 Å². The number of ether oxygens (including phenoxy) is 2. The minimum Gasteiger partial charge on any atom is -0.465 e. The van der Waals surface area contributed by atoms with Gasteiger partial charge in [0.2, 0.25) is 0 Å². The number of aldehydes is 1. The van der Waals surface area contributed by atoms with E-state index >= 15 is 0 Å². The van der Waals surface area contributed by atoms with E-state index < -0.39 is 29.6 Å². The lowest BCUT2D eigenvalue weighted by Crippen LogP contribution is -2.15. The highest BCUT2D eigenvalue weighted by molar-refractivity contribution is 5.88. The van der Waals surface area contributed by atoms with Crippen molar-refractivity contribution in [3.8, 4) is 0 Å². The first-order valence-corrected chi connectivity index (χ1v) is 8.46. The molecule has 1 unspecified atom stereocenters. The van der Waals surface area contributed by atoms with Gasteiger partial charge in [-0.25, -0.2) is 4.79 Å². The molecular formula is C19H24F3NO5. The SMILES string of the molecule is CCOC(=O)/C(C)=C/Nc1cccc(C(F)(F)F)c1.CCOC(=O)C(C)C=O. The quantitative estimate of drug-likeness (QED) is 0.321. The summed E-state index contributed by atoms with van der Waals surface area (Å²) in [4.78, 5) is 31.7. The van der Waals surface area contributed by atoms with Gasteiger partial charge in [-0.15, -0.1) is 0 Å². The first-order valence-electron chi connectivity index (χ1n) is 8.46. The van der Waals surface area contributed by atoms with Crippen molar-refractivity contribution in [2.24, 2.45) is 5.92 Å². The molecule has 0 bridgehead atoms. The second-order valence-corrected chi connectivity index (χ2v) is 5.45. The molecule has 0 aliphatic carbocycles. The number of carbonyl (C=O) groups is 3. The van der Waals surface area contributed by atoms with Crippen molar-refractivity contribution in [3.63, 3.8) is 0 Å². The zero-order valence-corrected chi connectivity index (χ0v) is 16.1. The number of anilines is 1. The maximum absolute atomic E-state index is 12.5. The number of nitrogens with one attached hydrogen (secondary N) is 1. The molecular weight excluding hydrogens is 379 g/mol. The van der Waals surface area contributed by atoms with Crippen molar-refractivity contribution in [3.05, 3.63) is 41.6 Å². The summed E-state index contributed by atoms with van der Waals surface area (Å²) in [5.41, 5.74) is -0.225. The number of rotatable bonds is 7. The van der Waals surface area contributed by atoms with E-state index in [0.717, 1.165) is 12.1 Å². The predicted molar refractivity (Wildman–Crippen MR) is 97.3 cm³/mol. The normalized spacial score (nSPS) is 12.2. The fourth-order valence-electron chi connectivity index (χ4n) is 1.61. The first kappa shape index (κ1) is 25.2. The lowest BCUT2D eigenvalue weighted by atomic mass is 10.2. The summed E-state index contributed by atoms with van der Waals surface area (Å²) in [7, 11) is 0. The third-order valence-electron chi connectivity index (χ3n) is 3.11. The molecule has 0 radical (unpaired) electrons. The molecule has 1 rings (SSSR count). The summed E-state index contributed by atoms with van der Waals surface area (Å²) in [6.45, 7) is 6.97. The number of halogens is 3. The van der Waals surface area contributed by atoms with Crippen LogP contribution in [0.4, 0.5) is 18.9 Å². The molecule has 1 N–H and O–H groups in total. The van der Waals surface area contributed by atoms with Crippen molar-refractivity contribution < 1.29 is 37.0 Å². The summed E-state index contributed by atoms with van der Waals surface area (Å²) >= 11 is 0. The topological polar surface area (TPSA) is 81.7 Å². The van der Waals surface area contributed by atoms with Gasteiger partial charge < -0.3 is 19.6 Å². The fraction of sp³-hybridized carbons (Fsp3) is 0.421. The van der Waals surface area contributed by atoms with Gasteiger partial charge in [0.05, 0.1) is 24.4 Å². The van der Waals surface area contributed by atoms with Crippen LogP contribution in [0.25, 0.3) is 0 Å². The van der Waals surface area contributed by atoms with Crippen LogP contribution in [0.3, 0.4) is 0 Å². The minimum atomic E-state index is -4.39. The van der Waals surface area contributed by atoms with E-state index in [1.165, 1.54) is 32.2 Å². The smallest absolute Gasteiger partial charge is 0.416 e. The third kappa shape index (κ3) is 9.75. The molecule has 1 aromatic rings. The Kier molecular flexibility index (Phi) is 11.3. The molecule has 6 nitrogen and oxygen atoms in total. The van der Waals surface area contributed by atoms with E-state index in [0.29, 0.717) is 12.9 Å². The number of esters is 2. The highest BCUT2D eigenvalue weighted by Crippen LogP contribution is 2.30. The highest BCUT2D eigenvalue weighted by atomic mass is 19.4. The third-order valence-corrected chi connectivity index (χ3v) is 3.11. The van der Waals surface area contributed by atoms with Crippen molar-refractivity contribution in [2.75, 3.05) is 18.5 Å². The van der Waals surface area contributed by atoms with E-state index in [1.807, 2.05) is 0 Å². The lowest BCUT2D eigenvalue weighted by Gasteiger charge is -2.09. The van der Waals surface area contributed by atoms with Crippen LogP contribution in [0.1, 0.15) is 33.3 Å². The predicted octanol–water partition coefficient (Wildman–Crippen LogP) is 3.97. The van der Waals surface area contributed by atoms with Crippen LogP contribution < -0.4 is 5.32 Å². The Bertz CT molecular complexity index is 686. The Morgan fingerprint density at radius 3 is 2.29 bits per heavy atom. The second kappa shape index (κ2) is 12.5. The Hall–Kier alpha value is -2.84. The molecule has 0 aliphatic rings. The molecule has 0 saturated heterocycles. The molecule has 0 spiro atoms.